The molecular formula is C22H38ClFN4O3Si2. The van der Waals surface area contributed by atoms with Crippen LogP contribution in [0.25, 0.3) is 11.2 Å². The van der Waals surface area contributed by atoms with E-state index in [9.17, 15) is 0 Å². The van der Waals surface area contributed by atoms with Crippen molar-refractivity contribution in [3.8, 4) is 0 Å². The van der Waals surface area contributed by atoms with Gasteiger partial charge in [0.15, 0.2) is 39.8 Å². The van der Waals surface area contributed by atoms with E-state index in [2.05, 4.69) is 82.7 Å². The fourth-order valence-electron chi connectivity index (χ4n) is 3.23. The standard InChI is InChI=1S/C22H38ClFN4O3Si2/c1-21(2,3)32(7,8)29-11-14-17(31-33(9,10)22(4,5)6)15(24)20(30-14)28-13-27-16-18(23)25-12-26-19(16)28/h12-15,17,20H,11H2,1-10H3/t14-,15-,17?,20-/m1/s1. The number of hydrogen-bond acceptors (Lipinski definition) is 6. The summed E-state index contributed by atoms with van der Waals surface area (Å²) in [7, 11) is -4.34. The van der Waals surface area contributed by atoms with Gasteiger partial charge >= 0.3 is 0 Å². The summed E-state index contributed by atoms with van der Waals surface area (Å²) < 4.78 is 37.0. The molecule has 0 aromatic carbocycles. The predicted octanol–water partition coefficient (Wildman–Crippen LogP) is 6.13. The molecule has 0 N–H and O–H groups in total. The van der Waals surface area contributed by atoms with Crippen molar-refractivity contribution < 1.29 is 18.0 Å². The molecule has 3 rings (SSSR count). The van der Waals surface area contributed by atoms with Crippen molar-refractivity contribution in [2.75, 3.05) is 6.61 Å². The molecule has 186 valence electrons. The van der Waals surface area contributed by atoms with E-state index >= 15 is 4.39 Å². The molecule has 1 unspecified atom stereocenters. The van der Waals surface area contributed by atoms with Crippen molar-refractivity contribution in [2.45, 2.75) is 102 Å². The molecule has 0 bridgehead atoms. The summed E-state index contributed by atoms with van der Waals surface area (Å²) in [5, 5.41) is 0.182. The van der Waals surface area contributed by atoms with Crippen molar-refractivity contribution in [2.24, 2.45) is 0 Å². The smallest absolute Gasteiger partial charge is 0.192 e. The summed E-state index contributed by atoms with van der Waals surface area (Å²) in [6.45, 7) is 21.8. The van der Waals surface area contributed by atoms with E-state index in [1.165, 1.54) is 12.7 Å². The summed E-state index contributed by atoms with van der Waals surface area (Å²) in [5.41, 5.74) is 0.845. The summed E-state index contributed by atoms with van der Waals surface area (Å²) in [6.07, 6.45) is -0.823. The second-order valence-electron chi connectivity index (χ2n) is 11.9. The van der Waals surface area contributed by atoms with Crippen molar-refractivity contribution in [1.82, 2.24) is 19.5 Å². The van der Waals surface area contributed by atoms with Crippen molar-refractivity contribution >= 4 is 39.4 Å². The van der Waals surface area contributed by atoms with Crippen molar-refractivity contribution in [3.05, 3.63) is 17.8 Å². The first kappa shape index (κ1) is 26.7. The molecular weight excluding hydrogens is 479 g/mol. The summed E-state index contributed by atoms with van der Waals surface area (Å²) >= 11 is 6.15. The largest absolute Gasteiger partial charge is 0.414 e. The van der Waals surface area contributed by atoms with Gasteiger partial charge in [0.25, 0.3) is 0 Å². The van der Waals surface area contributed by atoms with Gasteiger partial charge in [0.2, 0.25) is 0 Å². The summed E-state index contributed by atoms with van der Waals surface area (Å²) in [4.78, 5) is 12.5. The quantitative estimate of drug-likeness (QED) is 0.340. The Morgan fingerprint density at radius 3 is 2.21 bits per heavy atom. The normalized spacial score (nSPS) is 25.2. The molecule has 1 saturated heterocycles. The van der Waals surface area contributed by atoms with E-state index in [1.807, 2.05) is 0 Å². The maximum absolute atomic E-state index is 16.1. The van der Waals surface area contributed by atoms with Gasteiger partial charge in [-0.25, -0.2) is 19.3 Å². The van der Waals surface area contributed by atoms with Gasteiger partial charge < -0.3 is 13.6 Å². The van der Waals surface area contributed by atoms with Gasteiger partial charge in [0, 0.05) is 0 Å². The average Bonchev–Trinajstić information content (AvgIpc) is 3.21. The van der Waals surface area contributed by atoms with E-state index in [-0.39, 0.29) is 21.8 Å². The van der Waals surface area contributed by atoms with E-state index in [4.69, 9.17) is 25.2 Å². The Morgan fingerprint density at radius 1 is 1.03 bits per heavy atom. The van der Waals surface area contributed by atoms with Gasteiger partial charge in [-0.1, -0.05) is 53.1 Å². The number of alkyl halides is 1. The van der Waals surface area contributed by atoms with Crippen LogP contribution < -0.4 is 0 Å². The topological polar surface area (TPSA) is 71.3 Å². The SMILES string of the molecule is CC(C)(C)[Si](C)(C)OC[C@H]1O[C@@H](n2cnc3c(Cl)ncnc32)[C@H](F)C1O[Si](C)(C)C(C)(C)C. The van der Waals surface area contributed by atoms with Crippen LogP contribution in [0.1, 0.15) is 47.8 Å². The van der Waals surface area contributed by atoms with Crippen LogP contribution in [-0.2, 0) is 13.6 Å². The van der Waals surface area contributed by atoms with Crippen LogP contribution in [0, 0.1) is 0 Å². The van der Waals surface area contributed by atoms with Crippen LogP contribution in [0.5, 0.6) is 0 Å². The number of nitrogens with zero attached hydrogens (tertiary/aromatic N) is 4. The third-order valence-electron chi connectivity index (χ3n) is 7.51. The Bertz CT molecular complexity index is 990. The second-order valence-corrected chi connectivity index (χ2v) is 21.8. The Hall–Kier alpha value is -0.916. The van der Waals surface area contributed by atoms with Crippen molar-refractivity contribution in [1.29, 1.82) is 0 Å². The van der Waals surface area contributed by atoms with Gasteiger partial charge in [0.1, 0.15) is 24.1 Å². The van der Waals surface area contributed by atoms with Gasteiger partial charge in [-0.3, -0.25) is 4.57 Å². The minimum absolute atomic E-state index is 0.0319. The van der Waals surface area contributed by atoms with Gasteiger partial charge in [-0.05, 0) is 36.3 Å². The fourth-order valence-corrected chi connectivity index (χ4v) is 5.73. The summed E-state index contributed by atoms with van der Waals surface area (Å²) in [6, 6.07) is 0. The zero-order valence-electron chi connectivity index (χ0n) is 21.4. The van der Waals surface area contributed by atoms with E-state index in [0.29, 0.717) is 11.2 Å². The van der Waals surface area contributed by atoms with E-state index in [1.54, 1.807) is 4.57 Å². The van der Waals surface area contributed by atoms with Crippen LogP contribution in [0.3, 0.4) is 0 Å². The van der Waals surface area contributed by atoms with Crippen LogP contribution >= 0.6 is 11.6 Å². The number of ether oxygens (including phenoxy) is 1. The maximum atomic E-state index is 16.1. The minimum atomic E-state index is -2.28. The number of hydrogen-bond donors (Lipinski definition) is 0. The highest BCUT2D eigenvalue weighted by molar-refractivity contribution is 6.74. The Kier molecular flexibility index (Phi) is 7.23. The predicted molar refractivity (Wildman–Crippen MR) is 134 cm³/mol. The Labute approximate surface area is 203 Å². The number of halogens is 2. The highest BCUT2D eigenvalue weighted by atomic mass is 35.5. The Balaban J connectivity index is 1.94. The van der Waals surface area contributed by atoms with Crippen molar-refractivity contribution in [3.63, 3.8) is 0 Å². The minimum Gasteiger partial charge on any atom is -0.414 e. The molecule has 11 heteroatoms. The van der Waals surface area contributed by atoms with Crippen LogP contribution in [0.4, 0.5) is 4.39 Å². The molecule has 7 nitrogen and oxygen atoms in total. The van der Waals surface area contributed by atoms with Crippen LogP contribution in [-0.4, -0.2) is 61.1 Å². The second kappa shape index (κ2) is 8.94. The molecule has 1 fully saturated rings. The zero-order chi connectivity index (χ0) is 25.0. The molecule has 1 aliphatic rings. The average molecular weight is 517 g/mol. The summed E-state index contributed by atoms with van der Waals surface area (Å²) in [5.74, 6) is 0. The molecule has 0 radical (unpaired) electrons. The number of rotatable bonds is 6. The number of fused-ring (bicyclic) bond motifs is 1. The molecule has 2 aromatic rings. The first-order valence-corrected chi connectivity index (χ1v) is 17.6. The van der Waals surface area contributed by atoms with Gasteiger partial charge in [-0.15, -0.1) is 0 Å². The molecule has 4 atom stereocenters. The highest BCUT2D eigenvalue weighted by Gasteiger charge is 2.52. The molecule has 3 heterocycles. The monoisotopic (exact) mass is 516 g/mol. The third kappa shape index (κ3) is 5.20. The van der Waals surface area contributed by atoms with E-state index < -0.39 is 41.2 Å². The lowest BCUT2D eigenvalue weighted by Gasteiger charge is -2.40. The lowest BCUT2D eigenvalue weighted by atomic mass is 10.1. The molecule has 0 amide bonds. The van der Waals surface area contributed by atoms with Gasteiger partial charge in [-0.2, -0.15) is 0 Å². The molecule has 2 aromatic heterocycles. The molecule has 0 spiro atoms. The van der Waals surface area contributed by atoms with Gasteiger partial charge in [0.05, 0.1) is 12.9 Å². The zero-order valence-corrected chi connectivity index (χ0v) is 24.2. The first-order valence-electron chi connectivity index (χ1n) is 11.4. The maximum Gasteiger partial charge on any atom is 0.192 e. The molecule has 0 aliphatic carbocycles. The van der Waals surface area contributed by atoms with E-state index in [0.717, 1.165) is 0 Å². The fraction of sp³-hybridized carbons (Fsp3) is 0.773. The molecule has 0 saturated carbocycles. The lowest BCUT2D eigenvalue weighted by molar-refractivity contribution is -0.0421. The number of imidazole rings is 1. The third-order valence-corrected chi connectivity index (χ3v) is 16.8. The highest BCUT2D eigenvalue weighted by Crippen LogP contribution is 2.44. The number of aromatic nitrogens is 4. The first-order chi connectivity index (χ1) is 15.0. The van der Waals surface area contributed by atoms with Crippen LogP contribution in [0.2, 0.25) is 41.4 Å². The lowest BCUT2D eigenvalue weighted by Crippen LogP contribution is -2.50. The molecule has 33 heavy (non-hydrogen) atoms. The Morgan fingerprint density at radius 2 is 1.64 bits per heavy atom. The molecule has 1 aliphatic heterocycles. The van der Waals surface area contributed by atoms with Crippen LogP contribution in [0.15, 0.2) is 12.7 Å².